The van der Waals surface area contributed by atoms with Gasteiger partial charge in [-0.05, 0) is 30.3 Å². The van der Waals surface area contributed by atoms with Crippen LogP contribution in [0.4, 0.5) is 0 Å². The number of aromatic nitrogens is 1. The fourth-order valence-electron chi connectivity index (χ4n) is 2.36. The molecule has 1 heterocycles. The quantitative estimate of drug-likeness (QED) is 0.642. The van der Waals surface area contributed by atoms with Crippen molar-refractivity contribution in [3.05, 3.63) is 59.2 Å². The molecule has 0 fully saturated rings. The molecule has 0 aliphatic heterocycles. The zero-order chi connectivity index (χ0) is 16.9. The number of halogens is 1. The predicted octanol–water partition coefficient (Wildman–Crippen LogP) is 4.35. The second kappa shape index (κ2) is 7.75. The number of para-hydroxylation sites is 1. The van der Waals surface area contributed by atoms with E-state index < -0.39 is 0 Å². The summed E-state index contributed by atoms with van der Waals surface area (Å²) >= 11 is 7.49. The van der Waals surface area contributed by atoms with Crippen LogP contribution in [0.25, 0.3) is 10.9 Å². The lowest BCUT2D eigenvalue weighted by molar-refractivity contribution is 0.0930. The Kier molecular flexibility index (Phi) is 5.45. The number of carbonyl (C=O) groups is 1. The van der Waals surface area contributed by atoms with Crippen LogP contribution < -0.4 is 5.32 Å². The van der Waals surface area contributed by atoms with Gasteiger partial charge in [0.1, 0.15) is 5.69 Å². The molecule has 0 unspecified atom stereocenters. The highest BCUT2D eigenvalue weighted by Crippen LogP contribution is 2.37. The predicted molar refractivity (Wildman–Crippen MR) is 98.1 cm³/mol. The van der Waals surface area contributed by atoms with E-state index >= 15 is 0 Å². The molecule has 0 saturated heterocycles. The summed E-state index contributed by atoms with van der Waals surface area (Å²) < 4.78 is 4.98. The largest absolute Gasteiger partial charge is 0.383 e. The van der Waals surface area contributed by atoms with Gasteiger partial charge in [0.25, 0.3) is 5.91 Å². The summed E-state index contributed by atoms with van der Waals surface area (Å²) in [6.07, 6.45) is 0. The van der Waals surface area contributed by atoms with Crippen LogP contribution in [0.15, 0.2) is 58.3 Å². The van der Waals surface area contributed by atoms with Crippen LogP contribution in [0.2, 0.25) is 5.02 Å². The Bertz CT molecular complexity index is 846. The van der Waals surface area contributed by atoms with E-state index in [0.29, 0.717) is 23.9 Å². The number of ether oxygens (including phenoxy) is 1. The molecule has 4 nitrogen and oxygen atoms in total. The van der Waals surface area contributed by atoms with Gasteiger partial charge in [-0.3, -0.25) is 4.79 Å². The first-order valence-corrected chi connectivity index (χ1v) is 8.70. The van der Waals surface area contributed by atoms with Gasteiger partial charge in [-0.1, -0.05) is 41.6 Å². The maximum Gasteiger partial charge on any atom is 0.268 e. The number of H-pyrrole nitrogens is 1. The molecule has 124 valence electrons. The average Bonchev–Trinajstić information content (AvgIpc) is 2.96. The Balaban J connectivity index is 1.95. The van der Waals surface area contributed by atoms with Gasteiger partial charge in [-0.15, -0.1) is 0 Å². The summed E-state index contributed by atoms with van der Waals surface area (Å²) in [6, 6.07) is 15.5. The first-order chi connectivity index (χ1) is 11.7. The van der Waals surface area contributed by atoms with Gasteiger partial charge in [-0.2, -0.15) is 0 Å². The lowest BCUT2D eigenvalue weighted by Crippen LogP contribution is -2.27. The van der Waals surface area contributed by atoms with Crippen LogP contribution in [-0.4, -0.2) is 31.2 Å². The third kappa shape index (κ3) is 3.75. The van der Waals surface area contributed by atoms with E-state index in [4.69, 9.17) is 16.3 Å². The Morgan fingerprint density at radius 2 is 1.96 bits per heavy atom. The number of benzene rings is 2. The van der Waals surface area contributed by atoms with E-state index in [1.165, 1.54) is 0 Å². The second-order valence-corrected chi connectivity index (χ2v) is 6.70. The SMILES string of the molecule is COCCNC(=O)c1[nH]c2ccccc2c1Sc1ccc(Cl)cc1. The molecule has 0 spiro atoms. The fourth-order valence-corrected chi connectivity index (χ4v) is 3.53. The molecule has 24 heavy (non-hydrogen) atoms. The van der Waals surface area contributed by atoms with Crippen molar-refractivity contribution >= 4 is 40.2 Å². The molecule has 0 atom stereocenters. The van der Waals surface area contributed by atoms with Crippen LogP contribution in [0.3, 0.4) is 0 Å². The number of hydrogen-bond acceptors (Lipinski definition) is 3. The topological polar surface area (TPSA) is 54.1 Å². The van der Waals surface area contributed by atoms with Crippen LogP contribution in [0.5, 0.6) is 0 Å². The molecule has 0 radical (unpaired) electrons. The lowest BCUT2D eigenvalue weighted by atomic mass is 10.2. The zero-order valence-electron chi connectivity index (χ0n) is 13.1. The Morgan fingerprint density at radius 1 is 1.21 bits per heavy atom. The number of aromatic amines is 1. The molecule has 6 heteroatoms. The van der Waals surface area contributed by atoms with E-state index in [1.807, 2.05) is 48.5 Å². The molecule has 0 aliphatic rings. The minimum atomic E-state index is -0.139. The monoisotopic (exact) mass is 360 g/mol. The van der Waals surface area contributed by atoms with E-state index in [1.54, 1.807) is 18.9 Å². The number of amides is 1. The third-order valence-corrected chi connectivity index (χ3v) is 4.90. The second-order valence-electron chi connectivity index (χ2n) is 5.18. The molecule has 3 aromatic rings. The van der Waals surface area contributed by atoms with Gasteiger partial charge in [-0.25, -0.2) is 0 Å². The molecule has 1 amide bonds. The maximum atomic E-state index is 12.5. The van der Waals surface area contributed by atoms with Gasteiger partial charge < -0.3 is 15.0 Å². The number of methoxy groups -OCH3 is 1. The number of fused-ring (bicyclic) bond motifs is 1. The molecule has 3 rings (SSSR count). The first kappa shape index (κ1) is 16.9. The molecule has 1 aromatic heterocycles. The molecule has 0 saturated carbocycles. The molecule has 2 aromatic carbocycles. The highest BCUT2D eigenvalue weighted by molar-refractivity contribution is 7.99. The molecular formula is C18H17ClN2O2S. The molecule has 2 N–H and O–H groups in total. The maximum absolute atomic E-state index is 12.5. The number of carbonyl (C=O) groups excluding carboxylic acids is 1. The highest BCUT2D eigenvalue weighted by atomic mass is 35.5. The Labute approximate surface area is 149 Å². The minimum Gasteiger partial charge on any atom is -0.383 e. The molecule has 0 bridgehead atoms. The van der Waals surface area contributed by atoms with Crippen molar-refractivity contribution in [1.29, 1.82) is 0 Å². The smallest absolute Gasteiger partial charge is 0.268 e. The van der Waals surface area contributed by atoms with Gasteiger partial charge in [0.2, 0.25) is 0 Å². The summed E-state index contributed by atoms with van der Waals surface area (Å²) in [5.74, 6) is -0.139. The van der Waals surface area contributed by atoms with Crippen LogP contribution in [-0.2, 0) is 4.74 Å². The summed E-state index contributed by atoms with van der Waals surface area (Å²) in [5.41, 5.74) is 1.50. The van der Waals surface area contributed by atoms with E-state index in [0.717, 1.165) is 20.7 Å². The lowest BCUT2D eigenvalue weighted by Gasteiger charge is -2.06. The molecular weight excluding hydrogens is 344 g/mol. The van der Waals surface area contributed by atoms with Crippen molar-refractivity contribution in [3.63, 3.8) is 0 Å². The van der Waals surface area contributed by atoms with E-state index in [2.05, 4.69) is 10.3 Å². The van der Waals surface area contributed by atoms with Crippen molar-refractivity contribution in [2.45, 2.75) is 9.79 Å². The number of hydrogen-bond donors (Lipinski definition) is 2. The van der Waals surface area contributed by atoms with Crippen molar-refractivity contribution in [2.75, 3.05) is 20.3 Å². The minimum absolute atomic E-state index is 0.139. The summed E-state index contributed by atoms with van der Waals surface area (Å²) in [7, 11) is 1.61. The van der Waals surface area contributed by atoms with Crippen molar-refractivity contribution in [2.24, 2.45) is 0 Å². The number of nitrogens with one attached hydrogen (secondary N) is 2. The molecule has 0 aliphatic carbocycles. The fraction of sp³-hybridized carbons (Fsp3) is 0.167. The van der Waals surface area contributed by atoms with Gasteiger partial charge in [0.15, 0.2) is 0 Å². The van der Waals surface area contributed by atoms with E-state index in [9.17, 15) is 4.79 Å². The summed E-state index contributed by atoms with van der Waals surface area (Å²) in [4.78, 5) is 17.7. The van der Waals surface area contributed by atoms with Gasteiger partial charge in [0.05, 0.1) is 11.5 Å². The van der Waals surface area contributed by atoms with Crippen LogP contribution >= 0.6 is 23.4 Å². The van der Waals surface area contributed by atoms with E-state index in [-0.39, 0.29) is 5.91 Å². The first-order valence-electron chi connectivity index (χ1n) is 7.50. The van der Waals surface area contributed by atoms with Crippen molar-refractivity contribution < 1.29 is 9.53 Å². The zero-order valence-corrected chi connectivity index (χ0v) is 14.7. The Hall–Kier alpha value is -1.95. The van der Waals surface area contributed by atoms with Gasteiger partial charge >= 0.3 is 0 Å². The highest BCUT2D eigenvalue weighted by Gasteiger charge is 2.18. The summed E-state index contributed by atoms with van der Waals surface area (Å²) in [5, 5.41) is 4.58. The van der Waals surface area contributed by atoms with Crippen molar-refractivity contribution in [1.82, 2.24) is 10.3 Å². The van der Waals surface area contributed by atoms with Crippen LogP contribution in [0, 0.1) is 0 Å². The normalized spacial score (nSPS) is 10.9. The van der Waals surface area contributed by atoms with Gasteiger partial charge in [0, 0.05) is 34.5 Å². The standard InChI is InChI=1S/C18H17ClN2O2S/c1-23-11-10-20-18(22)16-17(14-4-2-3-5-15(14)21-16)24-13-8-6-12(19)7-9-13/h2-9,21H,10-11H2,1H3,(H,20,22). The Morgan fingerprint density at radius 3 is 2.71 bits per heavy atom. The summed E-state index contributed by atoms with van der Waals surface area (Å²) in [6.45, 7) is 0.946. The number of rotatable bonds is 6. The van der Waals surface area contributed by atoms with Crippen LogP contribution in [0.1, 0.15) is 10.5 Å². The third-order valence-electron chi connectivity index (χ3n) is 3.51. The van der Waals surface area contributed by atoms with Crippen molar-refractivity contribution in [3.8, 4) is 0 Å². The average molecular weight is 361 g/mol.